The Kier molecular flexibility index (Phi) is 9.86. The highest BCUT2D eigenvalue weighted by atomic mass is 19.1. The Morgan fingerprint density at radius 1 is 0.854 bits per heavy atom. The first-order valence-electron chi connectivity index (χ1n) is 13.9. The predicted molar refractivity (Wildman–Crippen MR) is 160 cm³/mol. The maximum atomic E-state index is 14.1. The summed E-state index contributed by atoms with van der Waals surface area (Å²) in [6.45, 7) is 5.78. The highest BCUT2D eigenvalue weighted by molar-refractivity contribution is 6.12. The summed E-state index contributed by atoms with van der Waals surface area (Å²) in [5.74, 6) is -0.853. The molecule has 1 amide bonds. The van der Waals surface area contributed by atoms with Crippen molar-refractivity contribution >= 4 is 17.4 Å². The second-order valence-corrected chi connectivity index (χ2v) is 10.7. The van der Waals surface area contributed by atoms with Gasteiger partial charge in [-0.25, -0.2) is 4.39 Å². The van der Waals surface area contributed by atoms with E-state index in [1.54, 1.807) is 12.1 Å². The normalized spacial score (nSPS) is 12.8. The molecule has 0 spiro atoms. The molecule has 3 aromatic carbocycles. The number of hydrogen-bond donors (Lipinski definition) is 3. The van der Waals surface area contributed by atoms with Crippen molar-refractivity contribution in [3.63, 3.8) is 0 Å². The maximum absolute atomic E-state index is 14.1. The van der Waals surface area contributed by atoms with E-state index in [0.717, 1.165) is 28.1 Å². The first kappa shape index (κ1) is 29.9. The molecule has 7 heteroatoms. The first-order valence-corrected chi connectivity index (χ1v) is 13.9. The number of amides is 1. The Labute approximate surface area is 240 Å². The van der Waals surface area contributed by atoms with Gasteiger partial charge < -0.3 is 20.1 Å². The molecule has 0 aliphatic carbocycles. The molecule has 1 heterocycles. The average molecular weight is 557 g/mol. The van der Waals surface area contributed by atoms with Crippen molar-refractivity contribution in [3.8, 4) is 22.4 Å². The minimum atomic E-state index is -0.930. The van der Waals surface area contributed by atoms with E-state index in [9.17, 15) is 24.2 Å². The van der Waals surface area contributed by atoms with Gasteiger partial charge >= 0.3 is 0 Å². The van der Waals surface area contributed by atoms with Crippen LogP contribution in [0.15, 0.2) is 84.9 Å². The topological polar surface area (TPSA) is 91.6 Å². The number of hydrogen-bond acceptors (Lipinski definition) is 4. The molecule has 0 aliphatic heterocycles. The Bertz CT molecular complexity index is 1460. The number of carbonyl (C=O) groups excluding carboxylic acids is 2. The number of nitrogens with zero attached hydrogens (tertiary/aromatic N) is 1. The largest absolute Gasteiger partial charge is 0.393 e. The van der Waals surface area contributed by atoms with Gasteiger partial charge in [0.15, 0.2) is 0 Å². The Hall–Kier alpha value is -4.07. The van der Waals surface area contributed by atoms with Crippen LogP contribution in [-0.2, 0) is 11.3 Å². The van der Waals surface area contributed by atoms with E-state index in [1.807, 2.05) is 79.1 Å². The van der Waals surface area contributed by atoms with Crippen LogP contribution in [0.3, 0.4) is 0 Å². The van der Waals surface area contributed by atoms with E-state index < -0.39 is 12.2 Å². The van der Waals surface area contributed by atoms with Crippen molar-refractivity contribution in [1.29, 1.82) is 0 Å². The van der Waals surface area contributed by atoms with E-state index in [0.29, 0.717) is 17.8 Å². The molecule has 0 radical (unpaired) electrons. The minimum absolute atomic E-state index is 0.0133. The zero-order chi connectivity index (χ0) is 29.5. The van der Waals surface area contributed by atoms with E-state index in [2.05, 4.69) is 5.32 Å². The van der Waals surface area contributed by atoms with E-state index >= 15 is 0 Å². The molecule has 6 nitrogen and oxygen atoms in total. The molecule has 0 saturated heterocycles. The molecule has 1 unspecified atom stereocenters. The number of nitrogens with one attached hydrogen (secondary N) is 1. The lowest BCUT2D eigenvalue weighted by atomic mass is 9.94. The summed E-state index contributed by atoms with van der Waals surface area (Å²) in [5.41, 5.74) is 5.00. The molecule has 4 rings (SSSR count). The number of para-hydroxylation sites is 1. The molecule has 0 saturated carbocycles. The number of anilines is 1. The van der Waals surface area contributed by atoms with Crippen LogP contribution in [0.4, 0.5) is 10.1 Å². The molecule has 2 atom stereocenters. The Balaban J connectivity index is 1.89. The van der Waals surface area contributed by atoms with Crippen molar-refractivity contribution < 1.29 is 24.2 Å². The van der Waals surface area contributed by atoms with Crippen LogP contribution in [0.2, 0.25) is 0 Å². The third-order valence-corrected chi connectivity index (χ3v) is 7.04. The monoisotopic (exact) mass is 556 g/mol. The second-order valence-electron chi connectivity index (χ2n) is 10.7. The van der Waals surface area contributed by atoms with Crippen molar-refractivity contribution in [3.05, 3.63) is 102 Å². The fourth-order valence-electron chi connectivity index (χ4n) is 5.33. The highest BCUT2D eigenvalue weighted by Crippen LogP contribution is 2.42. The second kappa shape index (κ2) is 13.5. The number of aliphatic hydroxyl groups excluding tert-OH is 2. The first-order chi connectivity index (χ1) is 19.7. The van der Waals surface area contributed by atoms with Gasteiger partial charge in [-0.3, -0.25) is 9.59 Å². The maximum Gasteiger partial charge on any atom is 0.258 e. The van der Waals surface area contributed by atoms with Gasteiger partial charge in [0.1, 0.15) is 11.6 Å². The van der Waals surface area contributed by atoms with Crippen molar-refractivity contribution in [2.24, 2.45) is 0 Å². The summed E-state index contributed by atoms with van der Waals surface area (Å²) in [6, 6.07) is 25.1. The molecule has 4 aromatic rings. The lowest BCUT2D eigenvalue weighted by Crippen LogP contribution is -2.22. The number of halogens is 1. The summed E-state index contributed by atoms with van der Waals surface area (Å²) in [6.07, 6.45) is -1.46. The Morgan fingerprint density at radius 2 is 1.46 bits per heavy atom. The standard InChI is InChI=1S/C34H37FN2O4/c1-22(2)32-31(34(41)36-27-12-8-5-9-13-27)30(24-10-6-4-7-11-24)33(25-14-16-26(35)17-15-25)37(32)19-18-28(39)21-29(40)20-23(3)38/h4-17,22,28-29,39-40H,18-21H2,1-3H3,(H,36,41)/t28-,29?/m1/s1. The van der Waals surface area contributed by atoms with Crippen molar-refractivity contribution in [1.82, 2.24) is 4.57 Å². The van der Waals surface area contributed by atoms with Crippen LogP contribution >= 0.6 is 0 Å². The number of carbonyl (C=O) groups is 2. The summed E-state index contributed by atoms with van der Waals surface area (Å²) < 4.78 is 16.1. The van der Waals surface area contributed by atoms with Gasteiger partial charge in [-0.2, -0.15) is 0 Å². The molecular formula is C34H37FN2O4. The van der Waals surface area contributed by atoms with Crippen LogP contribution in [0, 0.1) is 5.82 Å². The van der Waals surface area contributed by atoms with E-state index in [4.69, 9.17) is 0 Å². The summed E-state index contributed by atoms with van der Waals surface area (Å²) in [5, 5.41) is 24.1. The molecule has 41 heavy (non-hydrogen) atoms. The number of Topliss-reactive ketones (excluding diaryl/α,β-unsaturated/α-hetero) is 1. The van der Waals surface area contributed by atoms with Gasteiger partial charge in [0, 0.05) is 29.9 Å². The lowest BCUT2D eigenvalue weighted by molar-refractivity contribution is -0.119. The number of ketones is 1. The number of aromatic nitrogens is 1. The number of rotatable bonds is 12. The van der Waals surface area contributed by atoms with Crippen LogP contribution in [0.5, 0.6) is 0 Å². The summed E-state index contributed by atoms with van der Waals surface area (Å²) >= 11 is 0. The SMILES string of the molecule is CC(=O)CC(O)C[C@H](O)CCn1c(-c2ccc(F)cc2)c(-c2ccccc2)c(C(=O)Nc2ccccc2)c1C(C)C. The van der Waals surface area contributed by atoms with Crippen LogP contribution in [0.1, 0.15) is 62.0 Å². The van der Waals surface area contributed by atoms with Gasteiger partial charge in [-0.05, 0) is 73.2 Å². The van der Waals surface area contributed by atoms with E-state index in [1.165, 1.54) is 19.1 Å². The van der Waals surface area contributed by atoms with Crippen LogP contribution in [-0.4, -0.2) is 38.7 Å². The quantitative estimate of drug-likeness (QED) is 0.179. The van der Waals surface area contributed by atoms with Crippen molar-refractivity contribution in [2.45, 2.75) is 64.7 Å². The fourth-order valence-corrected chi connectivity index (χ4v) is 5.33. The van der Waals surface area contributed by atoms with Gasteiger partial charge in [0.25, 0.3) is 5.91 Å². The third-order valence-electron chi connectivity index (χ3n) is 7.04. The van der Waals surface area contributed by atoms with Gasteiger partial charge in [-0.1, -0.05) is 62.4 Å². The van der Waals surface area contributed by atoms with Crippen molar-refractivity contribution in [2.75, 3.05) is 5.32 Å². The number of aliphatic hydroxyl groups is 2. The lowest BCUT2D eigenvalue weighted by Gasteiger charge is -2.20. The smallest absolute Gasteiger partial charge is 0.258 e. The molecule has 214 valence electrons. The zero-order valence-electron chi connectivity index (χ0n) is 23.7. The van der Waals surface area contributed by atoms with Crippen LogP contribution < -0.4 is 5.32 Å². The fraction of sp³-hybridized carbons (Fsp3) is 0.294. The number of benzene rings is 3. The molecule has 3 N–H and O–H groups in total. The average Bonchev–Trinajstić information content (AvgIpc) is 3.28. The molecular weight excluding hydrogens is 519 g/mol. The van der Waals surface area contributed by atoms with Gasteiger partial charge in [-0.15, -0.1) is 0 Å². The molecule has 1 aromatic heterocycles. The third kappa shape index (κ3) is 7.37. The zero-order valence-corrected chi connectivity index (χ0v) is 23.7. The molecule has 0 fully saturated rings. The van der Waals surface area contributed by atoms with Crippen LogP contribution in [0.25, 0.3) is 22.4 Å². The summed E-state index contributed by atoms with van der Waals surface area (Å²) in [4.78, 5) is 25.5. The summed E-state index contributed by atoms with van der Waals surface area (Å²) in [7, 11) is 0. The van der Waals surface area contributed by atoms with E-state index in [-0.39, 0.29) is 42.7 Å². The highest BCUT2D eigenvalue weighted by Gasteiger charge is 2.30. The van der Waals surface area contributed by atoms with Gasteiger partial charge in [0.05, 0.1) is 23.5 Å². The predicted octanol–water partition coefficient (Wildman–Crippen LogP) is 6.82. The molecule has 0 bridgehead atoms. The minimum Gasteiger partial charge on any atom is -0.393 e. The Morgan fingerprint density at radius 3 is 2.05 bits per heavy atom. The van der Waals surface area contributed by atoms with Gasteiger partial charge in [0.2, 0.25) is 0 Å². The molecule has 0 aliphatic rings.